The molecule has 0 amide bonds. The van der Waals surface area contributed by atoms with E-state index in [-0.39, 0.29) is 0 Å². The van der Waals surface area contributed by atoms with E-state index in [2.05, 4.69) is 16.1 Å². The number of carbonyl (C=O) groups excluding carboxylic acids is 1. The number of esters is 1. The van der Waals surface area contributed by atoms with Gasteiger partial charge in [-0.2, -0.15) is 22.0 Å². The topological polar surface area (TPSA) is 35.5 Å². The zero-order chi connectivity index (χ0) is 13.0. The lowest BCUT2D eigenvalue weighted by molar-refractivity contribution is -0.384. The fraction of sp³-hybridized carbons (Fsp3) is 0.571. The van der Waals surface area contributed by atoms with Gasteiger partial charge in [-0.3, -0.25) is 4.74 Å². The molecule has 0 spiro atoms. The molecule has 0 aromatic rings. The molecule has 0 saturated heterocycles. The van der Waals surface area contributed by atoms with Crippen LogP contribution in [0.4, 0.5) is 26.3 Å². The van der Waals surface area contributed by atoms with E-state index in [0.29, 0.717) is 0 Å². The van der Waals surface area contributed by atoms with E-state index in [1.54, 1.807) is 0 Å². The largest absolute Gasteiger partial charge is 0.451 e. The Balaban J connectivity index is 4.25. The van der Waals surface area contributed by atoms with Crippen molar-refractivity contribution in [3.8, 4) is 0 Å². The monoisotopic (exact) mass is 252 g/mol. The summed E-state index contributed by atoms with van der Waals surface area (Å²) >= 11 is 0. The summed E-state index contributed by atoms with van der Waals surface area (Å²) in [5, 5.41) is 0. The van der Waals surface area contributed by atoms with Crippen LogP contribution in [0.15, 0.2) is 12.4 Å². The number of rotatable bonds is 6. The number of alkyl halides is 5. The summed E-state index contributed by atoms with van der Waals surface area (Å²) in [6, 6.07) is 0. The van der Waals surface area contributed by atoms with Crippen LogP contribution in [0, 0.1) is 0 Å². The first-order valence-electron chi connectivity index (χ1n) is 3.63. The second kappa shape index (κ2) is 5.19. The molecular formula is C7H6F6O3. The van der Waals surface area contributed by atoms with E-state index in [1.807, 2.05) is 0 Å². The molecule has 94 valence electrons. The summed E-state index contributed by atoms with van der Waals surface area (Å²) in [7, 11) is 0. The molecule has 0 fully saturated rings. The minimum absolute atomic E-state index is 1.69. The smallest absolute Gasteiger partial charge is 0.394 e. The van der Waals surface area contributed by atoms with Gasteiger partial charge in [-0.25, -0.2) is 9.18 Å². The molecule has 3 nitrogen and oxygen atoms in total. The van der Waals surface area contributed by atoms with Crippen LogP contribution in [-0.2, 0) is 14.3 Å². The lowest BCUT2D eigenvalue weighted by atomic mass is 10.6. The van der Waals surface area contributed by atoms with Crippen molar-refractivity contribution in [3.63, 3.8) is 0 Å². The van der Waals surface area contributed by atoms with Crippen molar-refractivity contribution in [1.29, 1.82) is 0 Å². The van der Waals surface area contributed by atoms with Gasteiger partial charge >= 0.3 is 18.2 Å². The fourth-order valence-electron chi connectivity index (χ4n) is 0.503. The van der Waals surface area contributed by atoms with Gasteiger partial charge in [0.2, 0.25) is 5.83 Å². The maximum absolute atomic E-state index is 12.4. The van der Waals surface area contributed by atoms with E-state index >= 15 is 0 Å². The second-order valence-corrected chi connectivity index (χ2v) is 2.49. The maximum atomic E-state index is 12.4. The Bertz CT molecular complexity index is 277. The van der Waals surface area contributed by atoms with Crippen LogP contribution < -0.4 is 0 Å². The lowest BCUT2D eigenvalue weighted by Crippen LogP contribution is -2.38. The van der Waals surface area contributed by atoms with Crippen molar-refractivity contribution in [1.82, 2.24) is 0 Å². The average molecular weight is 252 g/mol. The predicted molar refractivity (Wildman–Crippen MR) is 38.2 cm³/mol. The summed E-state index contributed by atoms with van der Waals surface area (Å²) in [6.45, 7) is -2.05. The van der Waals surface area contributed by atoms with Crippen molar-refractivity contribution in [3.05, 3.63) is 12.4 Å². The molecule has 0 aromatic heterocycles. The van der Waals surface area contributed by atoms with Crippen molar-refractivity contribution in [2.24, 2.45) is 0 Å². The number of halogens is 6. The van der Waals surface area contributed by atoms with Gasteiger partial charge in [-0.1, -0.05) is 6.58 Å². The molecule has 0 aliphatic carbocycles. The normalized spacial score (nSPS) is 12.4. The van der Waals surface area contributed by atoms with Gasteiger partial charge in [-0.15, -0.1) is 0 Å². The standard InChI is InChI=1S/C7H6F6O3/c1-4(9)5(14)15-3-7(12,13)16-6(10,11)2-8/h1-3H2. The van der Waals surface area contributed by atoms with Crippen LogP contribution in [0.1, 0.15) is 0 Å². The number of carbonyl (C=O) groups is 1. The Hall–Kier alpha value is -1.25. The molecule has 0 rings (SSSR count). The second-order valence-electron chi connectivity index (χ2n) is 2.49. The predicted octanol–water partition coefficient (Wildman–Crippen LogP) is 2.18. The Morgan fingerprint density at radius 3 is 2.06 bits per heavy atom. The van der Waals surface area contributed by atoms with E-state index in [1.165, 1.54) is 0 Å². The third-order valence-corrected chi connectivity index (χ3v) is 1.05. The van der Waals surface area contributed by atoms with E-state index in [9.17, 15) is 31.1 Å². The van der Waals surface area contributed by atoms with Gasteiger partial charge in [0.25, 0.3) is 0 Å². The maximum Gasteiger partial charge on any atom is 0.394 e. The molecule has 0 aliphatic heterocycles. The van der Waals surface area contributed by atoms with Gasteiger partial charge in [0.15, 0.2) is 13.3 Å². The third-order valence-electron chi connectivity index (χ3n) is 1.05. The van der Waals surface area contributed by atoms with Gasteiger partial charge in [-0.05, 0) is 0 Å². The molecule has 0 radical (unpaired) electrons. The quantitative estimate of drug-likeness (QED) is 0.413. The SMILES string of the molecule is C=C(F)C(=O)OCC(F)(F)OC(F)(F)CF. The van der Waals surface area contributed by atoms with Crippen LogP contribution in [0.25, 0.3) is 0 Å². The molecule has 9 heteroatoms. The highest BCUT2D eigenvalue weighted by Crippen LogP contribution is 2.27. The van der Waals surface area contributed by atoms with E-state index in [0.717, 1.165) is 0 Å². The zero-order valence-corrected chi connectivity index (χ0v) is 7.61. The summed E-state index contributed by atoms with van der Waals surface area (Å²) in [5.74, 6) is -3.54. The molecular weight excluding hydrogens is 246 g/mol. The molecule has 0 aliphatic rings. The van der Waals surface area contributed by atoms with Gasteiger partial charge < -0.3 is 4.74 Å². The third kappa shape index (κ3) is 5.59. The summed E-state index contributed by atoms with van der Waals surface area (Å²) in [4.78, 5) is 10.3. The summed E-state index contributed by atoms with van der Waals surface area (Å²) in [5.41, 5.74) is 0. The molecule has 0 atom stereocenters. The number of hydrogen-bond donors (Lipinski definition) is 0. The van der Waals surface area contributed by atoms with Crippen molar-refractivity contribution < 1.29 is 40.6 Å². The first kappa shape index (κ1) is 14.8. The molecule has 0 saturated carbocycles. The fourth-order valence-corrected chi connectivity index (χ4v) is 0.503. The molecule has 0 heterocycles. The van der Waals surface area contributed by atoms with Crippen LogP contribution in [0.3, 0.4) is 0 Å². The average Bonchev–Trinajstić information content (AvgIpc) is 2.12. The molecule has 16 heavy (non-hydrogen) atoms. The number of ether oxygens (including phenoxy) is 2. The minimum atomic E-state index is -4.72. The lowest BCUT2D eigenvalue weighted by Gasteiger charge is -2.21. The van der Waals surface area contributed by atoms with Crippen LogP contribution >= 0.6 is 0 Å². The highest BCUT2D eigenvalue weighted by Gasteiger charge is 2.45. The first-order valence-corrected chi connectivity index (χ1v) is 3.63. The molecule has 0 unspecified atom stereocenters. The van der Waals surface area contributed by atoms with Crippen molar-refractivity contribution >= 4 is 5.97 Å². The van der Waals surface area contributed by atoms with E-state index < -0.39 is 37.3 Å². The van der Waals surface area contributed by atoms with Crippen molar-refractivity contribution in [2.75, 3.05) is 13.3 Å². The summed E-state index contributed by atoms with van der Waals surface area (Å²) < 4.78 is 78.5. The van der Waals surface area contributed by atoms with Crippen LogP contribution in [-0.4, -0.2) is 31.5 Å². The Kier molecular flexibility index (Phi) is 4.79. The van der Waals surface area contributed by atoms with Gasteiger partial charge in [0.1, 0.15) is 0 Å². The summed E-state index contributed by atoms with van der Waals surface area (Å²) in [6.07, 6.45) is -9.36. The zero-order valence-electron chi connectivity index (χ0n) is 7.61. The van der Waals surface area contributed by atoms with Crippen LogP contribution in [0.2, 0.25) is 0 Å². The molecule has 0 aromatic carbocycles. The highest BCUT2D eigenvalue weighted by atomic mass is 19.3. The molecule has 0 bridgehead atoms. The highest BCUT2D eigenvalue weighted by molar-refractivity contribution is 5.85. The Labute approximate surface area is 85.6 Å². The molecule has 0 N–H and O–H groups in total. The first-order chi connectivity index (χ1) is 7.09. The van der Waals surface area contributed by atoms with Crippen LogP contribution in [0.5, 0.6) is 0 Å². The minimum Gasteiger partial charge on any atom is -0.451 e. The Morgan fingerprint density at radius 1 is 1.19 bits per heavy atom. The number of hydrogen-bond acceptors (Lipinski definition) is 3. The van der Waals surface area contributed by atoms with Gasteiger partial charge in [0.05, 0.1) is 0 Å². The Morgan fingerprint density at radius 2 is 1.69 bits per heavy atom. The van der Waals surface area contributed by atoms with E-state index in [4.69, 9.17) is 0 Å². The van der Waals surface area contributed by atoms with Crippen molar-refractivity contribution in [2.45, 2.75) is 12.2 Å². The van der Waals surface area contributed by atoms with Gasteiger partial charge in [0, 0.05) is 0 Å².